The number of aliphatic carboxylic acids is 1. The van der Waals surface area contributed by atoms with Crippen LogP contribution < -0.4 is 5.73 Å². The van der Waals surface area contributed by atoms with Gasteiger partial charge in [0.2, 0.25) is 0 Å². The minimum atomic E-state index is -0.911. The summed E-state index contributed by atoms with van der Waals surface area (Å²) in [6.45, 7) is 9.55. The number of halogens is 1. The molecule has 3 aromatic carbocycles. The van der Waals surface area contributed by atoms with Crippen molar-refractivity contribution in [3.05, 3.63) is 112 Å². The highest BCUT2D eigenvalue weighted by Gasteiger charge is 2.44. The zero-order chi connectivity index (χ0) is 33.5. The Hall–Kier alpha value is -3.16. The van der Waals surface area contributed by atoms with E-state index in [1.54, 1.807) is 0 Å². The van der Waals surface area contributed by atoms with Crippen molar-refractivity contribution in [3.8, 4) is 0 Å². The second-order valence-corrected chi connectivity index (χ2v) is 15.7. The molecule has 0 aliphatic heterocycles. The molecular weight excluding hydrogens is 612 g/mol. The predicted molar refractivity (Wildman–Crippen MR) is 195 cm³/mol. The van der Waals surface area contributed by atoms with E-state index in [2.05, 4.69) is 42.5 Å². The molecule has 0 bridgehead atoms. The Morgan fingerprint density at radius 2 is 1.70 bits per heavy atom. The molecule has 0 spiro atoms. The molecule has 1 aromatic heterocycles. The van der Waals surface area contributed by atoms with Crippen molar-refractivity contribution >= 4 is 52.4 Å². The van der Waals surface area contributed by atoms with Crippen LogP contribution in [0, 0.1) is 5.41 Å². The molecule has 1 aliphatic carbocycles. The lowest BCUT2D eigenvalue weighted by atomic mass is 9.90. The average molecular weight is 659 g/mol. The lowest BCUT2D eigenvalue weighted by Gasteiger charge is -2.24. The van der Waals surface area contributed by atoms with Crippen LogP contribution in [0.4, 0.5) is 0 Å². The summed E-state index contributed by atoms with van der Waals surface area (Å²) in [5.41, 5.74) is 10.5. The van der Waals surface area contributed by atoms with Gasteiger partial charge in [0.1, 0.15) is 0 Å². The SMILES string of the molecule is CC(C)(C)N.CC(C)(O)c1ccccc1CCC(SCC1(CC(=O)O)CC1)c1cccc(/C=C/c2ccc3ccc(Cl)cc3n2)c1. The van der Waals surface area contributed by atoms with E-state index in [-0.39, 0.29) is 22.6 Å². The molecule has 1 aliphatic rings. The van der Waals surface area contributed by atoms with Gasteiger partial charge in [0, 0.05) is 27.0 Å². The van der Waals surface area contributed by atoms with E-state index >= 15 is 0 Å². The number of aliphatic hydroxyl groups is 1. The molecule has 5 nitrogen and oxygen atoms in total. The summed E-state index contributed by atoms with van der Waals surface area (Å²) in [5, 5.41) is 22.1. The number of rotatable bonds is 12. The van der Waals surface area contributed by atoms with E-state index in [9.17, 15) is 15.0 Å². The number of hydrogen-bond acceptors (Lipinski definition) is 5. The van der Waals surface area contributed by atoms with Gasteiger partial charge in [-0.25, -0.2) is 4.98 Å². The molecule has 0 saturated heterocycles. The first-order valence-electron chi connectivity index (χ1n) is 15.9. The molecule has 5 rings (SSSR count). The van der Waals surface area contributed by atoms with Gasteiger partial charge in [0.15, 0.2) is 0 Å². The Morgan fingerprint density at radius 3 is 2.37 bits per heavy atom. The smallest absolute Gasteiger partial charge is 0.303 e. The van der Waals surface area contributed by atoms with E-state index in [1.165, 1.54) is 5.56 Å². The van der Waals surface area contributed by atoms with Crippen molar-refractivity contribution in [2.45, 2.75) is 83.1 Å². The third-order valence-corrected chi connectivity index (χ3v) is 9.76. The second-order valence-electron chi connectivity index (χ2n) is 14.1. The first-order chi connectivity index (χ1) is 21.6. The van der Waals surface area contributed by atoms with E-state index in [0.29, 0.717) is 5.02 Å². The number of thioether (sulfide) groups is 1. The molecule has 1 unspecified atom stereocenters. The Balaban J connectivity index is 0.000000892. The molecule has 1 fully saturated rings. The molecule has 0 radical (unpaired) electrons. The molecule has 46 heavy (non-hydrogen) atoms. The molecule has 7 heteroatoms. The number of carbonyl (C=O) groups is 1. The number of nitrogens with zero attached hydrogens (tertiary/aromatic N) is 1. The van der Waals surface area contributed by atoms with Crippen molar-refractivity contribution in [2.24, 2.45) is 11.1 Å². The number of hydrogen-bond donors (Lipinski definition) is 3. The van der Waals surface area contributed by atoms with Gasteiger partial charge in [-0.1, -0.05) is 78.3 Å². The van der Waals surface area contributed by atoms with Crippen LogP contribution in [0.3, 0.4) is 0 Å². The number of carboxylic acid groups (broad SMARTS) is 1. The Morgan fingerprint density at radius 1 is 1.00 bits per heavy atom. The van der Waals surface area contributed by atoms with Crippen LogP contribution in [0.25, 0.3) is 23.1 Å². The van der Waals surface area contributed by atoms with Crippen LogP contribution in [0.2, 0.25) is 5.02 Å². The van der Waals surface area contributed by atoms with Crippen LogP contribution in [-0.2, 0) is 16.8 Å². The number of carboxylic acids is 1. The minimum absolute atomic E-state index is 0. The highest BCUT2D eigenvalue weighted by Crippen LogP contribution is 2.53. The van der Waals surface area contributed by atoms with E-state index in [0.717, 1.165) is 64.7 Å². The third-order valence-electron chi connectivity index (χ3n) is 7.83. The van der Waals surface area contributed by atoms with Gasteiger partial charge in [-0.05, 0) is 112 Å². The Bertz CT molecular complexity index is 1660. The fraction of sp³-hybridized carbons (Fsp3) is 0.385. The topological polar surface area (TPSA) is 96.4 Å². The quantitative estimate of drug-likeness (QED) is 0.140. The second kappa shape index (κ2) is 15.2. The van der Waals surface area contributed by atoms with Gasteiger partial charge in [-0.3, -0.25) is 4.79 Å². The molecular formula is C39H47ClN2O3S. The molecule has 0 amide bonds. The lowest BCUT2D eigenvalue weighted by Crippen LogP contribution is -2.26. The largest absolute Gasteiger partial charge is 0.481 e. The zero-order valence-electron chi connectivity index (χ0n) is 27.6. The van der Waals surface area contributed by atoms with Crippen molar-refractivity contribution in [1.29, 1.82) is 0 Å². The average Bonchev–Trinajstić information content (AvgIpc) is 3.73. The zero-order valence-corrected chi connectivity index (χ0v) is 29.2. The lowest BCUT2D eigenvalue weighted by molar-refractivity contribution is -0.138. The van der Waals surface area contributed by atoms with Crippen LogP contribution in [0.15, 0.2) is 78.9 Å². The van der Waals surface area contributed by atoms with Crippen molar-refractivity contribution in [2.75, 3.05) is 5.75 Å². The monoisotopic (exact) mass is 658 g/mol. The summed E-state index contributed by atoms with van der Waals surface area (Å²) in [5.74, 6) is 0.122. The standard InChI is InChI=1S/C35H36ClNO3S.C4H11N/c1-34(2,40)30-9-4-3-7-25(30)13-17-32(41-23-35(18-19-35)22-33(38)39)27-8-5-6-24(20-27)10-15-29-16-12-26-11-14-28(36)21-31(26)37-29;1-4(2,3)5/h3-12,14-16,20-21,32,40H,13,17-19,22-23H2,1-2H3,(H,38,39);5H2,1-3H3/b15-10+;. The normalized spacial score (nSPS) is 15.0. The molecule has 244 valence electrons. The fourth-order valence-electron chi connectivity index (χ4n) is 5.36. The van der Waals surface area contributed by atoms with Gasteiger partial charge in [0.05, 0.1) is 23.2 Å². The van der Waals surface area contributed by atoms with Gasteiger partial charge >= 0.3 is 5.97 Å². The number of aromatic nitrogens is 1. The molecule has 4 N–H and O–H groups in total. The van der Waals surface area contributed by atoms with Gasteiger partial charge in [-0.2, -0.15) is 11.8 Å². The maximum Gasteiger partial charge on any atom is 0.303 e. The van der Waals surface area contributed by atoms with E-state index in [4.69, 9.17) is 22.3 Å². The first-order valence-corrected chi connectivity index (χ1v) is 17.3. The summed E-state index contributed by atoms with van der Waals surface area (Å²) in [6.07, 6.45) is 8.02. The number of pyridine rings is 1. The van der Waals surface area contributed by atoms with Crippen molar-refractivity contribution < 1.29 is 15.0 Å². The van der Waals surface area contributed by atoms with Gasteiger partial charge in [-0.15, -0.1) is 0 Å². The van der Waals surface area contributed by atoms with E-state index in [1.807, 2.05) is 94.9 Å². The minimum Gasteiger partial charge on any atom is -0.481 e. The number of aryl methyl sites for hydroxylation is 1. The number of nitrogens with two attached hydrogens (primary N) is 1. The first kappa shape index (κ1) is 35.7. The summed E-state index contributed by atoms with van der Waals surface area (Å²) in [4.78, 5) is 16.2. The van der Waals surface area contributed by atoms with Crippen LogP contribution in [0.5, 0.6) is 0 Å². The van der Waals surface area contributed by atoms with Crippen LogP contribution in [-0.4, -0.2) is 32.5 Å². The van der Waals surface area contributed by atoms with Crippen molar-refractivity contribution in [1.82, 2.24) is 4.98 Å². The molecule has 4 aromatic rings. The van der Waals surface area contributed by atoms with Crippen LogP contribution in [0.1, 0.15) is 93.5 Å². The summed E-state index contributed by atoms with van der Waals surface area (Å²) >= 11 is 8.04. The third kappa shape index (κ3) is 11.3. The van der Waals surface area contributed by atoms with Crippen molar-refractivity contribution in [3.63, 3.8) is 0 Å². The molecule has 1 heterocycles. The van der Waals surface area contributed by atoms with Crippen LogP contribution >= 0.6 is 23.4 Å². The van der Waals surface area contributed by atoms with Gasteiger partial charge < -0.3 is 15.9 Å². The maximum atomic E-state index is 11.5. The summed E-state index contributed by atoms with van der Waals surface area (Å²) in [6, 6.07) is 26.5. The predicted octanol–water partition coefficient (Wildman–Crippen LogP) is 9.69. The molecule has 1 atom stereocenters. The Labute approximate surface area is 283 Å². The molecule has 1 saturated carbocycles. The Kier molecular flexibility index (Phi) is 11.8. The number of benzene rings is 3. The van der Waals surface area contributed by atoms with Gasteiger partial charge in [0.25, 0.3) is 0 Å². The summed E-state index contributed by atoms with van der Waals surface area (Å²) in [7, 11) is 0. The number of fused-ring (bicyclic) bond motifs is 1. The maximum absolute atomic E-state index is 11.5. The summed E-state index contributed by atoms with van der Waals surface area (Å²) < 4.78 is 0. The highest BCUT2D eigenvalue weighted by atomic mass is 35.5. The fourth-order valence-corrected chi connectivity index (χ4v) is 7.09. The highest BCUT2D eigenvalue weighted by molar-refractivity contribution is 7.99. The van der Waals surface area contributed by atoms with E-state index < -0.39 is 11.6 Å².